The molecule has 0 aliphatic carbocycles. The van der Waals surface area contributed by atoms with E-state index in [0.717, 1.165) is 21.9 Å². The van der Waals surface area contributed by atoms with Crippen LogP contribution in [0.3, 0.4) is 0 Å². The molecule has 7 nitrogen and oxygen atoms in total. The topological polar surface area (TPSA) is 101 Å². The highest BCUT2D eigenvalue weighted by atomic mass is 16.4. The first-order valence-electron chi connectivity index (χ1n) is 11.0. The second-order valence-electron chi connectivity index (χ2n) is 8.55. The van der Waals surface area contributed by atoms with Crippen LogP contribution < -0.4 is 5.63 Å². The van der Waals surface area contributed by atoms with E-state index in [0.29, 0.717) is 41.7 Å². The van der Waals surface area contributed by atoms with Crippen molar-refractivity contribution in [2.45, 2.75) is 26.2 Å². The van der Waals surface area contributed by atoms with Crippen LogP contribution in [0, 0.1) is 12.8 Å². The molecule has 5 rings (SSSR count). The molecule has 0 radical (unpaired) electrons. The largest absolute Gasteiger partial charge is 0.481 e. The Hall–Kier alpha value is -3.87. The number of aryl methyl sites for hydroxylation is 1. The first-order valence-corrected chi connectivity index (χ1v) is 11.0. The number of carboxylic acid groups (broad SMARTS) is 1. The maximum Gasteiger partial charge on any atom is 0.340 e. The van der Waals surface area contributed by atoms with E-state index in [9.17, 15) is 19.5 Å². The molecule has 0 saturated carbocycles. The van der Waals surface area contributed by atoms with Crippen LogP contribution in [0.2, 0.25) is 0 Å². The molecule has 3 heterocycles. The molecule has 7 heteroatoms. The number of furan rings is 1. The van der Waals surface area contributed by atoms with Crippen LogP contribution in [-0.4, -0.2) is 35.0 Å². The number of carbonyl (C=O) groups excluding carboxylic acids is 1. The number of carboxylic acids is 1. The van der Waals surface area contributed by atoms with Gasteiger partial charge < -0.3 is 18.8 Å². The SMILES string of the molecule is Cc1c(CC(=O)N2CCC[C@@H](C(=O)O)C2)c(=O)oc2cc3occ(-c4ccccc4)c3cc12. The monoisotopic (exact) mass is 445 g/mol. The van der Waals surface area contributed by atoms with E-state index in [-0.39, 0.29) is 18.9 Å². The highest BCUT2D eigenvalue weighted by Gasteiger charge is 2.29. The van der Waals surface area contributed by atoms with Gasteiger partial charge in [-0.3, -0.25) is 9.59 Å². The molecule has 33 heavy (non-hydrogen) atoms. The molecule has 0 spiro atoms. The standard InChI is InChI=1S/C26H23NO6/c1-15-18-10-20-21(16-6-3-2-4-7-16)14-32-22(20)12-23(18)33-26(31)19(15)11-24(28)27-9-5-8-17(13-27)25(29)30/h2-4,6-7,10,12,14,17H,5,8-9,11,13H2,1H3,(H,29,30)/t17-/m1/s1. The second kappa shape index (κ2) is 8.24. The molecular formula is C26H23NO6. The Morgan fingerprint density at radius 2 is 1.91 bits per heavy atom. The molecule has 0 unspecified atom stereocenters. The number of benzene rings is 2. The zero-order valence-corrected chi connectivity index (χ0v) is 18.2. The summed E-state index contributed by atoms with van der Waals surface area (Å²) in [6, 6.07) is 13.5. The summed E-state index contributed by atoms with van der Waals surface area (Å²) < 4.78 is 11.3. The van der Waals surface area contributed by atoms with Gasteiger partial charge in [0.2, 0.25) is 5.91 Å². The van der Waals surface area contributed by atoms with Gasteiger partial charge in [-0.25, -0.2) is 4.79 Å². The van der Waals surface area contributed by atoms with Crippen LogP contribution in [0.5, 0.6) is 0 Å². The normalized spacial score (nSPS) is 16.4. The molecule has 1 saturated heterocycles. The molecule has 2 aromatic heterocycles. The predicted octanol–water partition coefficient (Wildman–Crippen LogP) is 4.38. The quantitative estimate of drug-likeness (QED) is 0.468. The molecule has 1 fully saturated rings. The van der Waals surface area contributed by atoms with Crippen molar-refractivity contribution < 1.29 is 23.5 Å². The summed E-state index contributed by atoms with van der Waals surface area (Å²) >= 11 is 0. The van der Waals surface area contributed by atoms with Crippen molar-refractivity contribution in [3.05, 3.63) is 70.3 Å². The van der Waals surface area contributed by atoms with E-state index in [1.807, 2.05) is 43.3 Å². The lowest BCUT2D eigenvalue weighted by Crippen LogP contribution is -2.43. The highest BCUT2D eigenvalue weighted by molar-refractivity contribution is 6.02. The van der Waals surface area contributed by atoms with Gasteiger partial charge in [-0.1, -0.05) is 30.3 Å². The molecule has 4 aromatic rings. The lowest BCUT2D eigenvalue weighted by molar-refractivity contribution is -0.145. The third-order valence-electron chi connectivity index (χ3n) is 6.52. The average Bonchev–Trinajstić information content (AvgIpc) is 3.24. The van der Waals surface area contributed by atoms with Crippen molar-refractivity contribution in [2.75, 3.05) is 13.1 Å². The van der Waals surface area contributed by atoms with Gasteiger partial charge in [0.1, 0.15) is 11.2 Å². The van der Waals surface area contributed by atoms with Crippen molar-refractivity contribution >= 4 is 33.8 Å². The zero-order valence-electron chi connectivity index (χ0n) is 18.2. The van der Waals surface area contributed by atoms with Gasteiger partial charge >= 0.3 is 11.6 Å². The average molecular weight is 445 g/mol. The lowest BCUT2D eigenvalue weighted by atomic mass is 9.96. The predicted molar refractivity (Wildman–Crippen MR) is 123 cm³/mol. The van der Waals surface area contributed by atoms with Crippen LogP contribution in [0.15, 0.2) is 62.4 Å². The molecular weight excluding hydrogens is 422 g/mol. The lowest BCUT2D eigenvalue weighted by Gasteiger charge is -2.30. The summed E-state index contributed by atoms with van der Waals surface area (Å²) in [5.41, 5.74) is 3.38. The van der Waals surface area contributed by atoms with E-state index in [4.69, 9.17) is 8.83 Å². The Bertz CT molecular complexity index is 1430. The van der Waals surface area contributed by atoms with E-state index in [1.165, 1.54) is 4.90 Å². The van der Waals surface area contributed by atoms with Crippen LogP contribution in [0.1, 0.15) is 24.0 Å². The van der Waals surface area contributed by atoms with Gasteiger partial charge in [-0.2, -0.15) is 0 Å². The van der Waals surface area contributed by atoms with Crippen molar-refractivity contribution in [3.63, 3.8) is 0 Å². The van der Waals surface area contributed by atoms with Crippen LogP contribution in [0.25, 0.3) is 33.1 Å². The molecule has 0 bridgehead atoms. The fraction of sp³-hybridized carbons (Fsp3) is 0.269. The third-order valence-corrected chi connectivity index (χ3v) is 6.52. The van der Waals surface area contributed by atoms with Crippen LogP contribution >= 0.6 is 0 Å². The first kappa shape index (κ1) is 21.0. The Balaban J connectivity index is 1.53. The maximum absolute atomic E-state index is 12.9. The summed E-state index contributed by atoms with van der Waals surface area (Å²) in [4.78, 5) is 38.5. The van der Waals surface area contributed by atoms with Gasteiger partial charge in [0.05, 0.1) is 24.2 Å². The third kappa shape index (κ3) is 3.80. The van der Waals surface area contributed by atoms with Gasteiger partial charge in [-0.05, 0) is 37.0 Å². The van der Waals surface area contributed by atoms with E-state index in [1.54, 1.807) is 12.3 Å². The number of fused-ring (bicyclic) bond motifs is 2. The number of likely N-dealkylation sites (tertiary alicyclic amines) is 1. The van der Waals surface area contributed by atoms with E-state index >= 15 is 0 Å². The molecule has 1 atom stereocenters. The minimum atomic E-state index is -0.896. The van der Waals surface area contributed by atoms with Crippen LogP contribution in [-0.2, 0) is 16.0 Å². The van der Waals surface area contributed by atoms with Gasteiger partial charge in [0, 0.05) is 35.5 Å². The summed E-state index contributed by atoms with van der Waals surface area (Å²) in [6.45, 7) is 2.48. The summed E-state index contributed by atoms with van der Waals surface area (Å²) in [7, 11) is 0. The smallest absolute Gasteiger partial charge is 0.340 e. The number of rotatable bonds is 4. The van der Waals surface area contributed by atoms with E-state index < -0.39 is 17.5 Å². The summed E-state index contributed by atoms with van der Waals surface area (Å²) in [5, 5.41) is 10.9. The van der Waals surface area contributed by atoms with Gasteiger partial charge in [-0.15, -0.1) is 0 Å². The highest BCUT2D eigenvalue weighted by Crippen LogP contribution is 2.34. The Kier molecular flexibility index (Phi) is 5.24. The number of nitrogens with zero attached hydrogens (tertiary/aromatic N) is 1. The van der Waals surface area contributed by atoms with Gasteiger partial charge in [0.25, 0.3) is 0 Å². The Morgan fingerprint density at radius 1 is 1.12 bits per heavy atom. The Morgan fingerprint density at radius 3 is 2.67 bits per heavy atom. The molecule has 168 valence electrons. The summed E-state index contributed by atoms with van der Waals surface area (Å²) in [5.74, 6) is -1.72. The molecule has 1 aliphatic heterocycles. The minimum absolute atomic E-state index is 0.120. The molecule has 1 aliphatic rings. The molecule has 1 N–H and O–H groups in total. The van der Waals surface area contributed by atoms with Gasteiger partial charge in [0.15, 0.2) is 0 Å². The second-order valence-corrected chi connectivity index (χ2v) is 8.55. The number of hydrogen-bond donors (Lipinski definition) is 1. The molecule has 2 aromatic carbocycles. The fourth-order valence-electron chi connectivity index (χ4n) is 4.62. The number of carbonyl (C=O) groups is 2. The van der Waals surface area contributed by atoms with Crippen molar-refractivity contribution in [1.29, 1.82) is 0 Å². The van der Waals surface area contributed by atoms with Crippen LogP contribution in [0.4, 0.5) is 0 Å². The Labute approximate surface area is 189 Å². The number of aliphatic carboxylic acids is 1. The fourth-order valence-corrected chi connectivity index (χ4v) is 4.62. The number of amides is 1. The van der Waals surface area contributed by atoms with E-state index in [2.05, 4.69) is 0 Å². The summed E-state index contributed by atoms with van der Waals surface area (Å²) in [6.07, 6.45) is 2.76. The number of hydrogen-bond acceptors (Lipinski definition) is 5. The number of piperidine rings is 1. The van der Waals surface area contributed by atoms with Crippen molar-refractivity contribution in [2.24, 2.45) is 5.92 Å². The van der Waals surface area contributed by atoms with Crippen molar-refractivity contribution in [3.8, 4) is 11.1 Å². The molecule has 1 amide bonds. The first-order chi connectivity index (χ1) is 15.9. The van der Waals surface area contributed by atoms with Crippen molar-refractivity contribution in [1.82, 2.24) is 4.90 Å². The minimum Gasteiger partial charge on any atom is -0.481 e. The maximum atomic E-state index is 12.9. The zero-order chi connectivity index (χ0) is 23.1.